The monoisotopic (exact) mass is 360 g/mol. The van der Waals surface area contributed by atoms with Crippen LogP contribution in [-0.4, -0.2) is 47.1 Å². The second-order valence-corrected chi connectivity index (χ2v) is 7.92. The zero-order valence-electron chi connectivity index (χ0n) is 15.4. The molecule has 1 N–H and O–H groups in total. The van der Waals surface area contributed by atoms with Crippen molar-refractivity contribution in [2.45, 2.75) is 64.1 Å². The normalized spacial score (nSPS) is 44.1. The van der Waals surface area contributed by atoms with E-state index in [-0.39, 0.29) is 12.0 Å². The van der Waals surface area contributed by atoms with Gasteiger partial charge in [-0.15, -0.1) is 0 Å². The molecule has 1 saturated carbocycles. The van der Waals surface area contributed by atoms with E-state index in [0.29, 0.717) is 17.6 Å². The molecule has 2 heterocycles. The van der Waals surface area contributed by atoms with E-state index in [1.165, 1.54) is 0 Å². The van der Waals surface area contributed by atoms with Crippen LogP contribution in [0.2, 0.25) is 0 Å². The predicted octanol–water partition coefficient (Wildman–Crippen LogP) is 1.83. The summed E-state index contributed by atoms with van der Waals surface area (Å²) in [6, 6.07) is 0. The Kier molecular flexibility index (Phi) is 3.72. The number of rotatable bonds is 2. The zero-order valence-corrected chi connectivity index (χ0v) is 15.4. The fraction of sp³-hybridized carbons (Fsp3) is 0.600. The van der Waals surface area contributed by atoms with Crippen LogP contribution in [0.1, 0.15) is 34.1 Å². The third-order valence-corrected chi connectivity index (χ3v) is 6.45. The summed E-state index contributed by atoms with van der Waals surface area (Å²) >= 11 is 0. The highest BCUT2D eigenvalue weighted by atomic mass is 16.6. The Labute approximate surface area is 152 Å². The number of carbonyl (C=O) groups excluding carboxylic acids is 2. The summed E-state index contributed by atoms with van der Waals surface area (Å²) in [5.74, 6) is -1.58. The first-order chi connectivity index (χ1) is 12.2. The summed E-state index contributed by atoms with van der Waals surface area (Å²) in [4.78, 5) is 24.6. The maximum Gasteiger partial charge on any atom is 0.334 e. The van der Waals surface area contributed by atoms with Gasteiger partial charge in [0, 0.05) is 17.6 Å². The minimum Gasteiger partial charge on any atom is -0.458 e. The number of fused-ring (bicyclic) bond motifs is 5. The first-order valence-corrected chi connectivity index (χ1v) is 8.99. The molecular formula is C20H24O6. The Morgan fingerprint density at radius 2 is 2.15 bits per heavy atom. The van der Waals surface area contributed by atoms with Gasteiger partial charge in [0.05, 0.1) is 11.8 Å². The van der Waals surface area contributed by atoms with Gasteiger partial charge in [-0.2, -0.15) is 0 Å². The number of ether oxygens (including phenoxy) is 3. The SMILES string of the molecule is C=C1C(=O)OC2C1C(OC(=O)C(C)=CC)CC(C)=C1C(O)C3OC3(C)C12. The van der Waals surface area contributed by atoms with Crippen molar-refractivity contribution in [3.8, 4) is 0 Å². The topological polar surface area (TPSA) is 85.4 Å². The lowest BCUT2D eigenvalue weighted by Gasteiger charge is -2.30. The summed E-state index contributed by atoms with van der Waals surface area (Å²) in [7, 11) is 0. The van der Waals surface area contributed by atoms with Crippen molar-refractivity contribution in [1.29, 1.82) is 0 Å². The Morgan fingerprint density at radius 3 is 2.81 bits per heavy atom. The third-order valence-electron chi connectivity index (χ3n) is 6.45. The molecule has 6 nitrogen and oxygen atoms in total. The first-order valence-electron chi connectivity index (χ1n) is 8.99. The largest absolute Gasteiger partial charge is 0.458 e. The lowest BCUT2D eigenvalue weighted by molar-refractivity contribution is -0.149. The van der Waals surface area contributed by atoms with E-state index in [2.05, 4.69) is 6.58 Å². The number of hydrogen-bond donors (Lipinski definition) is 1. The number of aliphatic hydroxyl groups excluding tert-OH is 1. The van der Waals surface area contributed by atoms with Crippen LogP contribution in [-0.2, 0) is 23.8 Å². The van der Waals surface area contributed by atoms with Crippen LogP contribution >= 0.6 is 0 Å². The quantitative estimate of drug-likeness (QED) is 0.350. The highest BCUT2D eigenvalue weighted by molar-refractivity contribution is 5.92. The maximum absolute atomic E-state index is 12.3. The fourth-order valence-corrected chi connectivity index (χ4v) is 4.87. The highest BCUT2D eigenvalue weighted by Crippen LogP contribution is 2.62. The molecule has 4 aliphatic rings. The molecule has 2 aliphatic carbocycles. The summed E-state index contributed by atoms with van der Waals surface area (Å²) in [6.07, 6.45) is 0.0335. The van der Waals surface area contributed by atoms with Crippen molar-refractivity contribution in [1.82, 2.24) is 0 Å². The van der Waals surface area contributed by atoms with Crippen molar-refractivity contribution in [2.24, 2.45) is 11.8 Å². The molecule has 6 heteroatoms. The minimum atomic E-state index is -0.718. The van der Waals surface area contributed by atoms with E-state index in [9.17, 15) is 14.7 Å². The van der Waals surface area contributed by atoms with Gasteiger partial charge < -0.3 is 19.3 Å². The molecule has 26 heavy (non-hydrogen) atoms. The predicted molar refractivity (Wildman–Crippen MR) is 91.9 cm³/mol. The lowest BCUT2D eigenvalue weighted by Crippen LogP contribution is -2.40. The van der Waals surface area contributed by atoms with Crippen LogP contribution in [0.25, 0.3) is 0 Å². The molecule has 4 rings (SSSR count). The summed E-state index contributed by atoms with van der Waals surface area (Å²) in [6.45, 7) is 11.2. The van der Waals surface area contributed by atoms with Gasteiger partial charge in [-0.1, -0.05) is 18.2 Å². The highest BCUT2D eigenvalue weighted by Gasteiger charge is 2.73. The zero-order chi connectivity index (χ0) is 19.0. The number of epoxide rings is 1. The molecule has 7 unspecified atom stereocenters. The molecule has 0 aromatic carbocycles. The lowest BCUT2D eigenvalue weighted by atomic mass is 9.80. The molecule has 3 fully saturated rings. The molecule has 0 spiro atoms. The van der Waals surface area contributed by atoms with E-state index >= 15 is 0 Å². The second kappa shape index (κ2) is 5.54. The van der Waals surface area contributed by atoms with Crippen LogP contribution in [0, 0.1) is 11.8 Å². The van der Waals surface area contributed by atoms with Gasteiger partial charge in [0.2, 0.25) is 0 Å². The van der Waals surface area contributed by atoms with Gasteiger partial charge in [-0.3, -0.25) is 0 Å². The van der Waals surface area contributed by atoms with Crippen molar-refractivity contribution in [3.63, 3.8) is 0 Å². The Morgan fingerprint density at radius 1 is 1.46 bits per heavy atom. The molecule has 7 atom stereocenters. The smallest absolute Gasteiger partial charge is 0.334 e. The Balaban J connectivity index is 1.76. The average Bonchev–Trinajstić information content (AvgIpc) is 3.15. The number of carbonyl (C=O) groups is 2. The van der Waals surface area contributed by atoms with Crippen molar-refractivity contribution < 1.29 is 28.9 Å². The van der Waals surface area contributed by atoms with Crippen molar-refractivity contribution in [2.75, 3.05) is 0 Å². The molecule has 140 valence electrons. The van der Waals surface area contributed by atoms with E-state index in [0.717, 1.165) is 11.1 Å². The Bertz CT molecular complexity index is 777. The molecular weight excluding hydrogens is 336 g/mol. The van der Waals surface area contributed by atoms with Crippen LogP contribution in [0.4, 0.5) is 0 Å². The molecule has 0 amide bonds. The standard InChI is InChI=1S/C20H24O6/c1-6-8(2)18(22)24-11-7-9(3)12-14(20(5)17(26-20)15(12)21)16-13(11)10(4)19(23)25-16/h6,11,13-17,21H,4,7H2,1-3,5H3. The van der Waals surface area contributed by atoms with Crippen LogP contribution in [0.15, 0.2) is 34.9 Å². The van der Waals surface area contributed by atoms with Gasteiger partial charge >= 0.3 is 11.9 Å². The molecule has 2 aliphatic heterocycles. The number of aliphatic hydroxyl groups is 1. The molecule has 2 saturated heterocycles. The van der Waals surface area contributed by atoms with Gasteiger partial charge in [0.15, 0.2) is 0 Å². The minimum absolute atomic E-state index is 0.248. The van der Waals surface area contributed by atoms with Crippen molar-refractivity contribution in [3.05, 3.63) is 34.9 Å². The average molecular weight is 360 g/mol. The maximum atomic E-state index is 12.3. The number of allylic oxidation sites excluding steroid dienone is 1. The third kappa shape index (κ3) is 2.18. The molecule has 0 bridgehead atoms. The van der Waals surface area contributed by atoms with Crippen molar-refractivity contribution >= 4 is 11.9 Å². The van der Waals surface area contributed by atoms with Gasteiger partial charge in [-0.05, 0) is 33.3 Å². The van der Waals surface area contributed by atoms with Gasteiger partial charge in [0.25, 0.3) is 0 Å². The van der Waals surface area contributed by atoms with E-state index in [1.807, 2.05) is 13.8 Å². The summed E-state index contributed by atoms with van der Waals surface area (Å²) in [5.41, 5.74) is 2.10. The van der Waals surface area contributed by atoms with Crippen LogP contribution in [0.5, 0.6) is 0 Å². The van der Waals surface area contributed by atoms with Gasteiger partial charge in [-0.25, -0.2) is 9.59 Å². The van der Waals surface area contributed by atoms with E-state index in [1.54, 1.807) is 19.9 Å². The number of hydrogen-bond acceptors (Lipinski definition) is 6. The van der Waals surface area contributed by atoms with Gasteiger partial charge in [0.1, 0.15) is 30.0 Å². The van der Waals surface area contributed by atoms with Crippen LogP contribution in [0.3, 0.4) is 0 Å². The molecule has 0 aromatic rings. The molecule has 0 radical (unpaired) electrons. The fourth-order valence-electron chi connectivity index (χ4n) is 4.87. The summed E-state index contributed by atoms with van der Waals surface area (Å²) < 4.78 is 17.2. The van der Waals surface area contributed by atoms with E-state index < -0.39 is 41.8 Å². The van der Waals surface area contributed by atoms with Crippen LogP contribution < -0.4 is 0 Å². The second-order valence-electron chi connectivity index (χ2n) is 7.92. The molecule has 0 aromatic heterocycles. The number of esters is 2. The van der Waals surface area contributed by atoms with E-state index in [4.69, 9.17) is 14.2 Å². The Hall–Kier alpha value is -1.92. The summed E-state index contributed by atoms with van der Waals surface area (Å²) in [5, 5.41) is 10.7. The first kappa shape index (κ1) is 17.5.